The summed E-state index contributed by atoms with van der Waals surface area (Å²) in [5, 5.41) is 6.45. The summed E-state index contributed by atoms with van der Waals surface area (Å²) >= 11 is 0. The van der Waals surface area contributed by atoms with E-state index in [0.717, 1.165) is 23.0 Å². The smallest absolute Gasteiger partial charge is 0.253 e. The summed E-state index contributed by atoms with van der Waals surface area (Å²) in [4.78, 5) is 24.7. The maximum atomic E-state index is 12.6. The van der Waals surface area contributed by atoms with E-state index >= 15 is 0 Å². The number of hydrogen-bond acceptors (Lipinski definition) is 2. The zero-order valence-corrected chi connectivity index (χ0v) is 15.7. The number of nitrogens with zero attached hydrogens (tertiary/aromatic N) is 1. The summed E-state index contributed by atoms with van der Waals surface area (Å²) in [5.74, 6) is 0.0298. The van der Waals surface area contributed by atoms with Gasteiger partial charge < -0.3 is 15.2 Å². The molecule has 2 aromatic carbocycles. The normalized spacial score (nSPS) is 10.9. The summed E-state index contributed by atoms with van der Waals surface area (Å²) in [7, 11) is 0. The van der Waals surface area contributed by atoms with E-state index in [-0.39, 0.29) is 18.4 Å². The van der Waals surface area contributed by atoms with Crippen LogP contribution in [-0.4, -0.2) is 22.9 Å². The van der Waals surface area contributed by atoms with E-state index in [1.54, 1.807) is 0 Å². The number of nitrogens with one attached hydrogen (secondary N) is 2. The van der Waals surface area contributed by atoms with Crippen molar-refractivity contribution in [2.75, 3.05) is 6.54 Å². The highest BCUT2D eigenvalue weighted by Gasteiger charge is 2.16. The predicted octanol–water partition coefficient (Wildman–Crippen LogP) is 3.34. The van der Waals surface area contributed by atoms with Gasteiger partial charge in [0.2, 0.25) is 5.91 Å². The zero-order chi connectivity index (χ0) is 19.2. The average molecular weight is 363 g/mol. The number of para-hydroxylation sites is 1. The molecule has 0 fully saturated rings. The van der Waals surface area contributed by atoms with E-state index in [1.165, 1.54) is 0 Å². The van der Waals surface area contributed by atoms with Crippen LogP contribution < -0.4 is 10.6 Å². The molecule has 0 bridgehead atoms. The molecule has 0 saturated heterocycles. The van der Waals surface area contributed by atoms with Gasteiger partial charge in [-0.05, 0) is 17.5 Å². The van der Waals surface area contributed by atoms with E-state index in [2.05, 4.69) is 29.0 Å². The summed E-state index contributed by atoms with van der Waals surface area (Å²) in [6, 6.07) is 17.5. The van der Waals surface area contributed by atoms with Crippen molar-refractivity contribution >= 4 is 22.7 Å². The molecule has 140 valence electrons. The third-order valence-corrected chi connectivity index (χ3v) is 4.34. The van der Waals surface area contributed by atoms with E-state index in [1.807, 2.05) is 60.8 Å². The van der Waals surface area contributed by atoms with Crippen LogP contribution in [0.15, 0.2) is 60.8 Å². The third kappa shape index (κ3) is 4.76. The van der Waals surface area contributed by atoms with Crippen molar-refractivity contribution in [3.63, 3.8) is 0 Å². The Morgan fingerprint density at radius 3 is 2.41 bits per heavy atom. The Kier molecular flexibility index (Phi) is 5.91. The lowest BCUT2D eigenvalue weighted by Crippen LogP contribution is -2.36. The van der Waals surface area contributed by atoms with Gasteiger partial charge in [-0.25, -0.2) is 0 Å². The highest BCUT2D eigenvalue weighted by atomic mass is 16.2. The molecule has 0 saturated carbocycles. The molecule has 0 spiro atoms. The Hall–Kier alpha value is -3.08. The summed E-state index contributed by atoms with van der Waals surface area (Å²) in [6.07, 6.45) is 1.88. The number of carbonyl (C=O) groups excluding carboxylic acids is 2. The molecule has 5 nitrogen and oxygen atoms in total. The first-order valence-electron chi connectivity index (χ1n) is 9.21. The number of rotatable bonds is 7. The molecule has 27 heavy (non-hydrogen) atoms. The molecular weight excluding hydrogens is 338 g/mol. The van der Waals surface area contributed by atoms with Gasteiger partial charge in [0.25, 0.3) is 5.91 Å². The van der Waals surface area contributed by atoms with Gasteiger partial charge in [-0.2, -0.15) is 0 Å². The Morgan fingerprint density at radius 1 is 0.963 bits per heavy atom. The minimum atomic E-state index is -0.233. The summed E-state index contributed by atoms with van der Waals surface area (Å²) in [6.45, 7) is 5.53. The van der Waals surface area contributed by atoms with E-state index in [9.17, 15) is 9.59 Å². The van der Waals surface area contributed by atoms with Gasteiger partial charge in [0, 0.05) is 30.2 Å². The minimum Gasteiger partial charge on any atom is -0.350 e. The lowest BCUT2D eigenvalue weighted by Gasteiger charge is -2.07. The quantitative estimate of drug-likeness (QED) is 0.676. The number of aromatic nitrogens is 1. The second kappa shape index (κ2) is 8.54. The molecule has 2 N–H and O–H groups in total. The topological polar surface area (TPSA) is 63.1 Å². The molecule has 1 heterocycles. The fourth-order valence-corrected chi connectivity index (χ4v) is 3.09. The van der Waals surface area contributed by atoms with Crippen LogP contribution in [0.25, 0.3) is 10.9 Å². The Balaban J connectivity index is 1.63. The van der Waals surface area contributed by atoms with Crippen LogP contribution >= 0.6 is 0 Å². The van der Waals surface area contributed by atoms with Crippen LogP contribution in [-0.2, 0) is 17.9 Å². The molecule has 0 aliphatic heterocycles. The molecule has 1 aromatic heterocycles. The average Bonchev–Trinajstić information content (AvgIpc) is 3.03. The monoisotopic (exact) mass is 363 g/mol. The van der Waals surface area contributed by atoms with Crippen LogP contribution in [0.3, 0.4) is 0 Å². The van der Waals surface area contributed by atoms with Gasteiger partial charge in [0.15, 0.2) is 0 Å². The largest absolute Gasteiger partial charge is 0.350 e. The molecule has 0 aliphatic rings. The molecule has 5 heteroatoms. The second-order valence-electron chi connectivity index (χ2n) is 7.05. The van der Waals surface area contributed by atoms with Crippen molar-refractivity contribution in [3.8, 4) is 0 Å². The van der Waals surface area contributed by atoms with Crippen molar-refractivity contribution in [3.05, 3.63) is 71.9 Å². The first-order chi connectivity index (χ1) is 13.0. The number of carbonyl (C=O) groups is 2. The van der Waals surface area contributed by atoms with Crippen LogP contribution in [0.4, 0.5) is 0 Å². The number of hydrogen-bond donors (Lipinski definition) is 2. The van der Waals surface area contributed by atoms with Gasteiger partial charge in [-0.15, -0.1) is 0 Å². The maximum absolute atomic E-state index is 12.6. The van der Waals surface area contributed by atoms with Crippen LogP contribution in [0.5, 0.6) is 0 Å². The van der Waals surface area contributed by atoms with Crippen molar-refractivity contribution in [1.82, 2.24) is 15.2 Å². The standard InChI is InChI=1S/C22H25N3O2/c1-16(2)14-25-15-19(18-10-6-7-11-20(18)25)22(27)24-13-21(26)23-12-17-8-4-3-5-9-17/h3-11,15-16H,12-14H2,1-2H3,(H,23,26)(H,24,27). The highest BCUT2D eigenvalue weighted by Crippen LogP contribution is 2.22. The highest BCUT2D eigenvalue weighted by molar-refractivity contribution is 6.07. The van der Waals surface area contributed by atoms with Crippen LogP contribution in [0.2, 0.25) is 0 Å². The fraction of sp³-hybridized carbons (Fsp3) is 0.273. The predicted molar refractivity (Wildman–Crippen MR) is 107 cm³/mol. The summed E-state index contributed by atoms with van der Waals surface area (Å²) < 4.78 is 2.10. The van der Waals surface area contributed by atoms with Gasteiger partial charge in [0.05, 0.1) is 12.1 Å². The SMILES string of the molecule is CC(C)Cn1cc(C(=O)NCC(=O)NCc2ccccc2)c2ccccc21. The van der Waals surface area contributed by atoms with Gasteiger partial charge in [0.1, 0.15) is 0 Å². The lowest BCUT2D eigenvalue weighted by atomic mass is 10.1. The Morgan fingerprint density at radius 2 is 1.67 bits per heavy atom. The number of fused-ring (bicyclic) bond motifs is 1. The zero-order valence-electron chi connectivity index (χ0n) is 15.7. The van der Waals surface area contributed by atoms with Gasteiger partial charge >= 0.3 is 0 Å². The van der Waals surface area contributed by atoms with Crippen LogP contribution in [0, 0.1) is 5.92 Å². The van der Waals surface area contributed by atoms with E-state index in [4.69, 9.17) is 0 Å². The Bertz CT molecular complexity index is 929. The first kappa shape index (κ1) is 18.7. The second-order valence-corrected chi connectivity index (χ2v) is 7.05. The third-order valence-electron chi connectivity index (χ3n) is 4.34. The molecular formula is C22H25N3O2. The van der Waals surface area contributed by atoms with Crippen molar-refractivity contribution in [1.29, 1.82) is 0 Å². The Labute approximate surface area is 159 Å². The molecule has 0 radical (unpaired) electrons. The minimum absolute atomic E-state index is 0.0463. The molecule has 2 amide bonds. The van der Waals surface area contributed by atoms with E-state index < -0.39 is 0 Å². The first-order valence-corrected chi connectivity index (χ1v) is 9.21. The van der Waals surface area contributed by atoms with E-state index in [0.29, 0.717) is 18.0 Å². The van der Waals surface area contributed by atoms with Gasteiger partial charge in [-0.3, -0.25) is 9.59 Å². The molecule has 0 atom stereocenters. The van der Waals surface area contributed by atoms with Crippen molar-refractivity contribution in [2.45, 2.75) is 26.9 Å². The molecule has 3 rings (SSSR count). The van der Waals surface area contributed by atoms with Gasteiger partial charge in [-0.1, -0.05) is 62.4 Å². The molecule has 0 unspecified atom stereocenters. The van der Waals surface area contributed by atoms with Crippen molar-refractivity contribution in [2.24, 2.45) is 5.92 Å². The van der Waals surface area contributed by atoms with Crippen LogP contribution in [0.1, 0.15) is 29.8 Å². The molecule has 3 aromatic rings. The lowest BCUT2D eigenvalue weighted by molar-refractivity contribution is -0.120. The molecule has 0 aliphatic carbocycles. The summed E-state index contributed by atoms with van der Waals surface area (Å²) in [5.41, 5.74) is 2.65. The maximum Gasteiger partial charge on any atom is 0.253 e. The number of benzene rings is 2. The number of amides is 2. The fourth-order valence-electron chi connectivity index (χ4n) is 3.09. The van der Waals surface area contributed by atoms with Crippen molar-refractivity contribution < 1.29 is 9.59 Å².